The second-order valence-corrected chi connectivity index (χ2v) is 3.62. The molecule has 0 radical (unpaired) electrons. The van der Waals surface area contributed by atoms with Crippen LogP contribution < -0.4 is 0 Å². The summed E-state index contributed by atoms with van der Waals surface area (Å²) in [6.07, 6.45) is 4.14. The van der Waals surface area contributed by atoms with E-state index < -0.39 is 6.09 Å². The Balaban J connectivity index is 2.58. The van der Waals surface area contributed by atoms with Crippen molar-refractivity contribution in [2.45, 2.75) is 37.8 Å². The summed E-state index contributed by atoms with van der Waals surface area (Å²) in [5.74, 6) is 0. The van der Waals surface area contributed by atoms with Crippen molar-refractivity contribution in [3.63, 3.8) is 0 Å². The van der Waals surface area contributed by atoms with E-state index in [0.29, 0.717) is 0 Å². The Bertz CT molecular complexity index is 217. The molecule has 0 aromatic heterocycles. The van der Waals surface area contributed by atoms with E-state index in [1.807, 2.05) is 0 Å². The summed E-state index contributed by atoms with van der Waals surface area (Å²) in [4.78, 5) is 12.3. The lowest BCUT2D eigenvalue weighted by atomic mass is 10.1. The molecular formula is C10H17NO3. The Morgan fingerprint density at radius 3 is 2.64 bits per heavy atom. The average molecular weight is 199 g/mol. The van der Waals surface area contributed by atoms with Crippen molar-refractivity contribution in [1.29, 1.82) is 0 Å². The number of amides is 1. The van der Waals surface area contributed by atoms with Crippen LogP contribution in [0, 0.1) is 0 Å². The fourth-order valence-electron chi connectivity index (χ4n) is 2.05. The second kappa shape index (κ2) is 5.00. The van der Waals surface area contributed by atoms with Gasteiger partial charge in [0.05, 0.1) is 12.6 Å². The maximum atomic E-state index is 10.9. The van der Waals surface area contributed by atoms with Gasteiger partial charge in [-0.05, 0) is 25.7 Å². The smallest absolute Gasteiger partial charge is 0.407 e. The van der Waals surface area contributed by atoms with Crippen molar-refractivity contribution in [3.8, 4) is 0 Å². The molecule has 0 aliphatic carbocycles. The van der Waals surface area contributed by atoms with Crippen LogP contribution in [0.15, 0.2) is 12.7 Å². The normalized spacial score (nSPS) is 26.5. The number of hydrogen-bond donors (Lipinski definition) is 2. The summed E-state index contributed by atoms with van der Waals surface area (Å²) in [5, 5.41) is 18.0. The first-order chi connectivity index (χ1) is 6.70. The largest absolute Gasteiger partial charge is 0.465 e. The van der Waals surface area contributed by atoms with E-state index in [2.05, 4.69) is 6.58 Å². The summed E-state index contributed by atoms with van der Waals surface area (Å²) >= 11 is 0. The minimum atomic E-state index is -0.921. The molecule has 2 N–H and O–H groups in total. The molecule has 1 heterocycles. The van der Waals surface area contributed by atoms with Crippen molar-refractivity contribution in [3.05, 3.63) is 12.7 Å². The molecule has 0 unspecified atom stereocenters. The van der Waals surface area contributed by atoms with E-state index in [-0.39, 0.29) is 18.7 Å². The van der Waals surface area contributed by atoms with Crippen molar-refractivity contribution in [2.75, 3.05) is 6.61 Å². The van der Waals surface area contributed by atoms with Crippen LogP contribution in [0.3, 0.4) is 0 Å². The summed E-state index contributed by atoms with van der Waals surface area (Å²) in [7, 11) is 0. The van der Waals surface area contributed by atoms with Crippen LogP contribution in [0.4, 0.5) is 4.79 Å². The molecular weight excluding hydrogens is 182 g/mol. The third kappa shape index (κ3) is 2.26. The molecule has 1 rings (SSSR count). The molecule has 0 aromatic carbocycles. The summed E-state index contributed by atoms with van der Waals surface area (Å²) in [5.41, 5.74) is 0. The standard InChI is InChI=1S/C10H17NO3/c1-2-3-4-8-5-6-9(7-12)11(8)10(13)14/h2,8-9,12H,1,3-7H2,(H,13,14)/t8-,9-/m0/s1. The molecule has 1 amide bonds. The van der Waals surface area contributed by atoms with Gasteiger partial charge in [0.15, 0.2) is 0 Å². The van der Waals surface area contributed by atoms with Gasteiger partial charge >= 0.3 is 6.09 Å². The molecule has 1 fully saturated rings. The van der Waals surface area contributed by atoms with Crippen LogP contribution in [0.2, 0.25) is 0 Å². The molecule has 1 aliphatic heterocycles. The van der Waals surface area contributed by atoms with Crippen molar-refractivity contribution in [2.24, 2.45) is 0 Å². The highest BCUT2D eigenvalue weighted by Gasteiger charge is 2.35. The van der Waals surface area contributed by atoms with Crippen LogP contribution in [0.25, 0.3) is 0 Å². The lowest BCUT2D eigenvalue weighted by Gasteiger charge is -2.26. The topological polar surface area (TPSA) is 60.8 Å². The molecule has 14 heavy (non-hydrogen) atoms. The van der Waals surface area contributed by atoms with Crippen molar-refractivity contribution < 1.29 is 15.0 Å². The van der Waals surface area contributed by atoms with Crippen LogP contribution in [0.5, 0.6) is 0 Å². The minimum Gasteiger partial charge on any atom is -0.465 e. The van der Waals surface area contributed by atoms with Gasteiger partial charge in [-0.3, -0.25) is 0 Å². The van der Waals surface area contributed by atoms with Crippen LogP contribution in [-0.4, -0.2) is 39.9 Å². The summed E-state index contributed by atoms with van der Waals surface area (Å²) < 4.78 is 0. The lowest BCUT2D eigenvalue weighted by molar-refractivity contribution is 0.0981. The molecule has 1 saturated heterocycles. The Hall–Kier alpha value is -1.03. The highest BCUT2D eigenvalue weighted by atomic mass is 16.4. The van der Waals surface area contributed by atoms with Crippen molar-refractivity contribution >= 4 is 6.09 Å². The molecule has 4 nitrogen and oxygen atoms in total. The molecule has 0 spiro atoms. The molecule has 4 heteroatoms. The van der Waals surface area contributed by atoms with E-state index in [1.54, 1.807) is 6.08 Å². The monoisotopic (exact) mass is 199 g/mol. The molecule has 0 saturated carbocycles. The molecule has 0 aromatic rings. The zero-order chi connectivity index (χ0) is 10.6. The highest BCUT2D eigenvalue weighted by molar-refractivity contribution is 5.66. The second-order valence-electron chi connectivity index (χ2n) is 3.62. The SMILES string of the molecule is C=CCC[C@H]1CC[C@@H](CO)N1C(=O)O. The third-order valence-corrected chi connectivity index (χ3v) is 2.76. The first-order valence-electron chi connectivity index (χ1n) is 4.93. The first kappa shape index (κ1) is 11.0. The van der Waals surface area contributed by atoms with Gasteiger partial charge in [-0.15, -0.1) is 6.58 Å². The predicted octanol–water partition coefficient (Wildman–Crippen LogP) is 1.46. The van der Waals surface area contributed by atoms with Gasteiger partial charge in [-0.1, -0.05) is 6.08 Å². The number of hydrogen-bond acceptors (Lipinski definition) is 2. The lowest BCUT2D eigenvalue weighted by Crippen LogP contribution is -2.41. The van der Waals surface area contributed by atoms with Gasteiger partial charge in [-0.25, -0.2) is 4.79 Å². The Kier molecular flexibility index (Phi) is 3.95. The van der Waals surface area contributed by atoms with E-state index in [4.69, 9.17) is 10.2 Å². The Labute approximate surface area is 83.8 Å². The van der Waals surface area contributed by atoms with E-state index in [9.17, 15) is 4.79 Å². The van der Waals surface area contributed by atoms with E-state index in [1.165, 1.54) is 4.90 Å². The third-order valence-electron chi connectivity index (χ3n) is 2.76. The van der Waals surface area contributed by atoms with E-state index >= 15 is 0 Å². The number of likely N-dealkylation sites (tertiary alicyclic amines) is 1. The molecule has 2 atom stereocenters. The quantitative estimate of drug-likeness (QED) is 0.674. The number of nitrogens with zero attached hydrogens (tertiary/aromatic N) is 1. The number of allylic oxidation sites excluding steroid dienone is 1. The van der Waals surface area contributed by atoms with Crippen molar-refractivity contribution in [1.82, 2.24) is 4.90 Å². The van der Waals surface area contributed by atoms with Gasteiger partial charge in [0, 0.05) is 6.04 Å². The number of carbonyl (C=O) groups is 1. The zero-order valence-electron chi connectivity index (χ0n) is 8.22. The van der Waals surface area contributed by atoms with Crippen LogP contribution in [0.1, 0.15) is 25.7 Å². The van der Waals surface area contributed by atoms with Gasteiger partial charge in [0.2, 0.25) is 0 Å². The van der Waals surface area contributed by atoms with Gasteiger partial charge in [0.1, 0.15) is 0 Å². The summed E-state index contributed by atoms with van der Waals surface area (Å²) in [6, 6.07) is -0.148. The summed E-state index contributed by atoms with van der Waals surface area (Å²) in [6.45, 7) is 3.54. The fraction of sp³-hybridized carbons (Fsp3) is 0.700. The molecule has 0 bridgehead atoms. The minimum absolute atomic E-state index is 0.0580. The maximum Gasteiger partial charge on any atom is 0.407 e. The average Bonchev–Trinajstić information content (AvgIpc) is 2.57. The molecule has 1 aliphatic rings. The first-order valence-corrected chi connectivity index (χ1v) is 4.93. The molecule has 80 valence electrons. The Morgan fingerprint density at radius 1 is 1.50 bits per heavy atom. The highest BCUT2D eigenvalue weighted by Crippen LogP contribution is 2.27. The maximum absolute atomic E-state index is 10.9. The van der Waals surface area contributed by atoms with E-state index in [0.717, 1.165) is 25.7 Å². The zero-order valence-corrected chi connectivity index (χ0v) is 8.22. The van der Waals surface area contributed by atoms with Crippen LogP contribution >= 0.6 is 0 Å². The number of carboxylic acid groups (broad SMARTS) is 1. The van der Waals surface area contributed by atoms with Gasteiger partial charge in [-0.2, -0.15) is 0 Å². The Morgan fingerprint density at radius 2 is 2.14 bits per heavy atom. The van der Waals surface area contributed by atoms with Crippen LogP contribution in [-0.2, 0) is 0 Å². The fourth-order valence-corrected chi connectivity index (χ4v) is 2.05. The number of aliphatic hydroxyl groups is 1. The number of rotatable bonds is 4. The number of aliphatic hydroxyl groups excluding tert-OH is 1. The van der Waals surface area contributed by atoms with Gasteiger partial charge in [0.25, 0.3) is 0 Å². The predicted molar refractivity (Wildman–Crippen MR) is 53.2 cm³/mol. The van der Waals surface area contributed by atoms with Gasteiger partial charge < -0.3 is 15.1 Å².